The number of hydrogen-bond acceptors (Lipinski definition) is 5. The Hall–Kier alpha value is -3.38. The smallest absolute Gasteiger partial charge is 0.128 e. The zero-order valence-corrected chi connectivity index (χ0v) is 22.5. The van der Waals surface area contributed by atoms with Gasteiger partial charge in [0, 0.05) is 55.1 Å². The van der Waals surface area contributed by atoms with E-state index in [1.807, 2.05) is 6.20 Å². The van der Waals surface area contributed by atoms with Crippen LogP contribution in [-0.2, 0) is 13.0 Å². The van der Waals surface area contributed by atoms with Gasteiger partial charge >= 0.3 is 0 Å². The van der Waals surface area contributed by atoms with Crippen molar-refractivity contribution in [1.82, 2.24) is 20.1 Å². The number of rotatable bonds is 10. The van der Waals surface area contributed by atoms with Crippen molar-refractivity contribution in [3.63, 3.8) is 0 Å². The number of pyridine rings is 1. The molecule has 0 saturated heterocycles. The predicted octanol–water partition coefficient (Wildman–Crippen LogP) is 6.20. The SMILES string of the molecule is CCCc1c(CNCC2CCC(Nc3cc(N(C)C)c4ccccc4n3)CC2)cnn1-c1ccccc1. The zero-order valence-electron chi connectivity index (χ0n) is 22.5. The van der Waals surface area contributed by atoms with E-state index in [0.29, 0.717) is 6.04 Å². The topological polar surface area (TPSA) is 58.0 Å². The zero-order chi connectivity index (χ0) is 25.6. The van der Waals surface area contributed by atoms with E-state index in [1.54, 1.807) is 0 Å². The highest BCUT2D eigenvalue weighted by molar-refractivity contribution is 5.93. The van der Waals surface area contributed by atoms with Gasteiger partial charge in [-0.2, -0.15) is 5.10 Å². The van der Waals surface area contributed by atoms with E-state index in [1.165, 1.54) is 48.0 Å². The molecule has 0 amide bonds. The van der Waals surface area contributed by atoms with Crippen molar-refractivity contribution in [2.24, 2.45) is 5.92 Å². The van der Waals surface area contributed by atoms with Crippen LogP contribution in [0.5, 0.6) is 0 Å². The average Bonchev–Trinajstić information content (AvgIpc) is 3.32. The first kappa shape index (κ1) is 25.3. The first-order valence-electron chi connectivity index (χ1n) is 13.8. The number of hydrogen-bond donors (Lipinski definition) is 2. The van der Waals surface area contributed by atoms with Gasteiger partial charge in [0.05, 0.1) is 17.4 Å². The summed E-state index contributed by atoms with van der Waals surface area (Å²) in [5.41, 5.74) is 6.05. The lowest BCUT2D eigenvalue weighted by Gasteiger charge is -2.30. The van der Waals surface area contributed by atoms with Crippen molar-refractivity contribution in [2.45, 2.75) is 58.0 Å². The normalized spacial score (nSPS) is 17.7. The van der Waals surface area contributed by atoms with Crippen molar-refractivity contribution in [1.29, 1.82) is 0 Å². The van der Waals surface area contributed by atoms with E-state index < -0.39 is 0 Å². The molecule has 2 N–H and O–H groups in total. The van der Waals surface area contributed by atoms with Crippen molar-refractivity contribution in [3.8, 4) is 5.69 Å². The Morgan fingerprint density at radius 1 is 0.973 bits per heavy atom. The fourth-order valence-corrected chi connectivity index (χ4v) is 5.58. The minimum Gasteiger partial charge on any atom is -0.377 e. The van der Waals surface area contributed by atoms with Crippen LogP contribution in [0.1, 0.15) is 50.3 Å². The van der Waals surface area contributed by atoms with E-state index in [9.17, 15) is 0 Å². The molecule has 0 bridgehead atoms. The van der Waals surface area contributed by atoms with Crippen LogP contribution in [0.15, 0.2) is 66.9 Å². The molecule has 1 aliphatic carbocycles. The van der Waals surface area contributed by atoms with Crippen molar-refractivity contribution in [3.05, 3.63) is 78.1 Å². The Balaban J connectivity index is 1.14. The molecule has 194 valence electrons. The summed E-state index contributed by atoms with van der Waals surface area (Å²) in [4.78, 5) is 7.08. The van der Waals surface area contributed by atoms with Gasteiger partial charge < -0.3 is 15.5 Å². The maximum atomic E-state index is 4.90. The Labute approximate surface area is 221 Å². The van der Waals surface area contributed by atoms with E-state index in [0.717, 1.165) is 48.9 Å². The highest BCUT2D eigenvalue weighted by Gasteiger charge is 2.22. The molecule has 2 heterocycles. The van der Waals surface area contributed by atoms with Crippen LogP contribution in [0.4, 0.5) is 11.5 Å². The summed E-state index contributed by atoms with van der Waals surface area (Å²) in [6, 6.07) is 21.5. The van der Waals surface area contributed by atoms with Gasteiger partial charge in [-0.1, -0.05) is 49.7 Å². The van der Waals surface area contributed by atoms with Crippen LogP contribution in [0.3, 0.4) is 0 Å². The van der Waals surface area contributed by atoms with Crippen LogP contribution in [-0.4, -0.2) is 41.4 Å². The monoisotopic (exact) mass is 496 g/mol. The van der Waals surface area contributed by atoms with Gasteiger partial charge in [0.2, 0.25) is 0 Å². The molecule has 4 aromatic rings. The van der Waals surface area contributed by atoms with Crippen LogP contribution in [0.2, 0.25) is 0 Å². The van der Waals surface area contributed by atoms with E-state index in [2.05, 4.69) is 102 Å². The molecule has 0 radical (unpaired) electrons. The molecule has 0 aliphatic heterocycles. The fraction of sp³-hybridized carbons (Fsp3) is 0.419. The Morgan fingerprint density at radius 3 is 2.49 bits per heavy atom. The summed E-state index contributed by atoms with van der Waals surface area (Å²) in [5, 5.41) is 13.4. The molecule has 0 atom stereocenters. The number of aromatic nitrogens is 3. The van der Waals surface area contributed by atoms with Crippen LogP contribution in [0, 0.1) is 5.92 Å². The molecular weight excluding hydrogens is 456 g/mol. The molecular formula is C31H40N6. The second-order valence-electron chi connectivity index (χ2n) is 10.5. The number of benzene rings is 2. The lowest BCUT2D eigenvalue weighted by molar-refractivity contribution is 0.324. The third-order valence-corrected chi connectivity index (χ3v) is 7.57. The summed E-state index contributed by atoms with van der Waals surface area (Å²) in [6.07, 6.45) is 9.06. The molecule has 5 rings (SSSR count). The number of fused-ring (bicyclic) bond motifs is 1. The second-order valence-corrected chi connectivity index (χ2v) is 10.5. The molecule has 1 fully saturated rings. The second kappa shape index (κ2) is 11.8. The lowest BCUT2D eigenvalue weighted by Crippen LogP contribution is -2.31. The van der Waals surface area contributed by atoms with Crippen LogP contribution < -0.4 is 15.5 Å². The quantitative estimate of drug-likeness (QED) is 0.274. The summed E-state index contributed by atoms with van der Waals surface area (Å²) in [7, 11) is 4.20. The molecule has 0 unspecified atom stereocenters. The maximum absolute atomic E-state index is 4.90. The van der Waals surface area contributed by atoms with E-state index >= 15 is 0 Å². The van der Waals surface area contributed by atoms with E-state index in [4.69, 9.17) is 10.1 Å². The highest BCUT2D eigenvalue weighted by atomic mass is 15.3. The molecule has 6 nitrogen and oxygen atoms in total. The van der Waals surface area contributed by atoms with Gasteiger partial charge in [-0.3, -0.25) is 0 Å². The maximum Gasteiger partial charge on any atom is 0.128 e. The minimum absolute atomic E-state index is 0.486. The molecule has 0 spiro atoms. The van der Waals surface area contributed by atoms with Crippen molar-refractivity contribution >= 4 is 22.4 Å². The standard InChI is InChI=1S/C31H40N6/c1-4-10-29-24(22-33-37(29)26-11-6-5-7-12-26)21-32-20-23-15-17-25(18-16-23)34-31-19-30(36(2)3)27-13-8-9-14-28(27)35-31/h5-9,11-14,19,22-23,25,32H,4,10,15-18,20-21H2,1-3H3,(H,34,35). The number of para-hydroxylation sites is 2. The van der Waals surface area contributed by atoms with Gasteiger partial charge in [-0.15, -0.1) is 0 Å². The Morgan fingerprint density at radius 2 is 1.73 bits per heavy atom. The number of nitrogens with zero attached hydrogens (tertiary/aromatic N) is 4. The fourth-order valence-electron chi connectivity index (χ4n) is 5.58. The Bertz CT molecular complexity index is 1290. The first-order valence-corrected chi connectivity index (χ1v) is 13.8. The third-order valence-electron chi connectivity index (χ3n) is 7.57. The largest absolute Gasteiger partial charge is 0.377 e. The summed E-state index contributed by atoms with van der Waals surface area (Å²) >= 11 is 0. The van der Waals surface area contributed by atoms with Gasteiger partial charge in [-0.25, -0.2) is 9.67 Å². The molecule has 2 aromatic heterocycles. The lowest BCUT2D eigenvalue weighted by atomic mass is 9.86. The van der Waals surface area contributed by atoms with Crippen LogP contribution in [0.25, 0.3) is 16.6 Å². The minimum atomic E-state index is 0.486. The third kappa shape index (κ3) is 5.96. The summed E-state index contributed by atoms with van der Waals surface area (Å²) in [6.45, 7) is 4.18. The molecule has 1 saturated carbocycles. The molecule has 1 aliphatic rings. The number of anilines is 2. The predicted molar refractivity (Wildman–Crippen MR) is 155 cm³/mol. The summed E-state index contributed by atoms with van der Waals surface area (Å²) < 4.78 is 2.11. The Kier molecular flexibility index (Phi) is 8.05. The molecule has 6 heteroatoms. The van der Waals surface area contributed by atoms with E-state index in [-0.39, 0.29) is 0 Å². The van der Waals surface area contributed by atoms with Crippen LogP contribution >= 0.6 is 0 Å². The first-order chi connectivity index (χ1) is 18.1. The molecule has 37 heavy (non-hydrogen) atoms. The van der Waals surface area contributed by atoms with Crippen molar-refractivity contribution < 1.29 is 0 Å². The van der Waals surface area contributed by atoms with Gasteiger partial charge in [0.15, 0.2) is 0 Å². The van der Waals surface area contributed by atoms with Gasteiger partial charge in [0.25, 0.3) is 0 Å². The summed E-state index contributed by atoms with van der Waals surface area (Å²) in [5.74, 6) is 1.71. The number of nitrogens with one attached hydrogen (secondary N) is 2. The average molecular weight is 497 g/mol. The highest BCUT2D eigenvalue weighted by Crippen LogP contribution is 2.30. The van der Waals surface area contributed by atoms with Gasteiger partial charge in [-0.05, 0) is 62.8 Å². The van der Waals surface area contributed by atoms with Crippen molar-refractivity contribution in [2.75, 3.05) is 30.9 Å². The molecule has 2 aromatic carbocycles. The van der Waals surface area contributed by atoms with Gasteiger partial charge in [0.1, 0.15) is 5.82 Å².